The van der Waals surface area contributed by atoms with Crippen LogP contribution < -0.4 is 5.46 Å². The molecule has 2 aliphatic rings. The van der Waals surface area contributed by atoms with E-state index >= 15 is 0 Å². The molecule has 1 aromatic carbocycles. The van der Waals surface area contributed by atoms with Gasteiger partial charge in [-0.05, 0) is 64.4 Å². The molecule has 3 heteroatoms. The van der Waals surface area contributed by atoms with E-state index in [0.29, 0.717) is 5.92 Å². The first-order valence-electron chi connectivity index (χ1n) is 7.26. The Morgan fingerprint density at radius 3 is 2.16 bits per heavy atom. The maximum Gasteiger partial charge on any atom is 0.495 e. The first kappa shape index (κ1) is 13.2. The van der Waals surface area contributed by atoms with Gasteiger partial charge >= 0.3 is 7.12 Å². The van der Waals surface area contributed by atoms with Crippen molar-refractivity contribution in [3.63, 3.8) is 0 Å². The molecule has 1 saturated carbocycles. The van der Waals surface area contributed by atoms with Gasteiger partial charge in [0, 0.05) is 0 Å². The van der Waals surface area contributed by atoms with Gasteiger partial charge in [0.15, 0.2) is 0 Å². The summed E-state index contributed by atoms with van der Waals surface area (Å²) in [6.45, 7) is 10.6. The third kappa shape index (κ3) is 2.23. The summed E-state index contributed by atoms with van der Waals surface area (Å²) in [5.41, 5.74) is 3.46. The minimum atomic E-state index is -0.261. The topological polar surface area (TPSA) is 18.5 Å². The van der Waals surface area contributed by atoms with Crippen molar-refractivity contribution in [2.24, 2.45) is 0 Å². The Morgan fingerprint density at radius 1 is 1.05 bits per heavy atom. The lowest BCUT2D eigenvalue weighted by Gasteiger charge is -2.32. The monoisotopic (exact) mass is 258 g/mol. The van der Waals surface area contributed by atoms with Crippen LogP contribution in [0.15, 0.2) is 18.2 Å². The zero-order chi connectivity index (χ0) is 13.8. The summed E-state index contributed by atoms with van der Waals surface area (Å²) in [7, 11) is -0.221. The van der Waals surface area contributed by atoms with E-state index in [4.69, 9.17) is 9.31 Å². The molecule has 3 rings (SSSR count). The number of hydrogen-bond donors (Lipinski definition) is 0. The zero-order valence-electron chi connectivity index (χ0n) is 12.6. The number of benzene rings is 1. The van der Waals surface area contributed by atoms with Crippen LogP contribution in [0.4, 0.5) is 0 Å². The summed E-state index contributed by atoms with van der Waals surface area (Å²) in [5, 5.41) is 0. The van der Waals surface area contributed by atoms with Crippen molar-refractivity contribution in [3.05, 3.63) is 29.3 Å². The van der Waals surface area contributed by atoms with Crippen LogP contribution in [0.2, 0.25) is 0 Å². The second-order valence-electron chi connectivity index (χ2n) is 6.99. The van der Waals surface area contributed by atoms with Gasteiger partial charge in [-0.3, -0.25) is 0 Å². The fourth-order valence-corrected chi connectivity index (χ4v) is 2.63. The Morgan fingerprint density at radius 2 is 1.63 bits per heavy atom. The van der Waals surface area contributed by atoms with Gasteiger partial charge in [-0.25, -0.2) is 0 Å². The normalized spacial score (nSPS) is 24.8. The molecule has 0 bridgehead atoms. The van der Waals surface area contributed by atoms with Gasteiger partial charge < -0.3 is 9.31 Å². The standard InChI is InChI=1S/C16H23BO2/c1-11-6-9-14(13(10-11)12-7-8-12)17-18-15(2,3)16(4,5)19-17/h6,9-10,12H,7-8H2,1-5H3. The van der Waals surface area contributed by atoms with E-state index in [1.165, 1.54) is 29.4 Å². The van der Waals surface area contributed by atoms with Crippen LogP contribution in [-0.2, 0) is 9.31 Å². The molecule has 19 heavy (non-hydrogen) atoms. The van der Waals surface area contributed by atoms with Gasteiger partial charge in [0.25, 0.3) is 0 Å². The van der Waals surface area contributed by atoms with E-state index in [1.807, 2.05) is 0 Å². The molecule has 1 saturated heterocycles. The average molecular weight is 258 g/mol. The van der Waals surface area contributed by atoms with Gasteiger partial charge in [0.05, 0.1) is 11.2 Å². The lowest BCUT2D eigenvalue weighted by Crippen LogP contribution is -2.41. The fourth-order valence-electron chi connectivity index (χ4n) is 2.63. The van der Waals surface area contributed by atoms with Crippen molar-refractivity contribution in [1.82, 2.24) is 0 Å². The van der Waals surface area contributed by atoms with E-state index < -0.39 is 0 Å². The zero-order valence-corrected chi connectivity index (χ0v) is 12.6. The molecule has 0 unspecified atom stereocenters. The molecule has 1 aromatic rings. The molecule has 0 N–H and O–H groups in total. The summed E-state index contributed by atoms with van der Waals surface area (Å²) in [4.78, 5) is 0. The maximum absolute atomic E-state index is 6.19. The second kappa shape index (κ2) is 4.10. The first-order chi connectivity index (χ1) is 8.80. The Balaban J connectivity index is 1.96. The van der Waals surface area contributed by atoms with Crippen molar-refractivity contribution in [2.45, 2.75) is 64.6 Å². The lowest BCUT2D eigenvalue weighted by molar-refractivity contribution is 0.00578. The predicted molar refractivity (Wildman–Crippen MR) is 78.9 cm³/mol. The van der Waals surface area contributed by atoms with E-state index in [0.717, 1.165) is 0 Å². The van der Waals surface area contributed by atoms with Crippen LogP contribution in [0.5, 0.6) is 0 Å². The van der Waals surface area contributed by atoms with Crippen LogP contribution in [0.3, 0.4) is 0 Å². The molecule has 0 spiro atoms. The van der Waals surface area contributed by atoms with E-state index in [2.05, 4.69) is 52.8 Å². The Hall–Kier alpha value is -0.795. The molecule has 102 valence electrons. The van der Waals surface area contributed by atoms with Crippen molar-refractivity contribution >= 4 is 12.6 Å². The molecular weight excluding hydrogens is 235 g/mol. The van der Waals surface area contributed by atoms with Crippen LogP contribution in [0, 0.1) is 6.92 Å². The van der Waals surface area contributed by atoms with Gasteiger partial charge in [-0.1, -0.05) is 23.8 Å². The summed E-state index contributed by atoms with van der Waals surface area (Å²) in [6, 6.07) is 6.65. The summed E-state index contributed by atoms with van der Waals surface area (Å²) in [5.74, 6) is 0.717. The van der Waals surface area contributed by atoms with Gasteiger partial charge in [-0.2, -0.15) is 0 Å². The molecule has 0 amide bonds. The molecule has 0 atom stereocenters. The van der Waals surface area contributed by atoms with Crippen molar-refractivity contribution < 1.29 is 9.31 Å². The van der Waals surface area contributed by atoms with Gasteiger partial charge in [0.2, 0.25) is 0 Å². The van der Waals surface area contributed by atoms with Gasteiger partial charge in [0.1, 0.15) is 0 Å². The van der Waals surface area contributed by atoms with E-state index in [1.54, 1.807) is 0 Å². The largest absolute Gasteiger partial charge is 0.495 e. The molecule has 1 aliphatic heterocycles. The minimum Gasteiger partial charge on any atom is -0.399 e. The molecule has 1 aliphatic carbocycles. The Kier molecular flexibility index (Phi) is 2.85. The molecule has 0 aromatic heterocycles. The predicted octanol–water partition coefficient (Wildman–Crippen LogP) is 3.17. The fraction of sp³-hybridized carbons (Fsp3) is 0.625. The van der Waals surface area contributed by atoms with Gasteiger partial charge in [-0.15, -0.1) is 0 Å². The smallest absolute Gasteiger partial charge is 0.399 e. The highest BCUT2D eigenvalue weighted by molar-refractivity contribution is 6.62. The summed E-state index contributed by atoms with van der Waals surface area (Å²) in [6.07, 6.45) is 2.60. The van der Waals surface area contributed by atoms with Crippen LogP contribution in [-0.4, -0.2) is 18.3 Å². The second-order valence-corrected chi connectivity index (χ2v) is 6.99. The van der Waals surface area contributed by atoms with E-state index in [-0.39, 0.29) is 18.3 Å². The lowest BCUT2D eigenvalue weighted by atomic mass is 9.74. The SMILES string of the molecule is Cc1ccc(B2OC(C)(C)C(C)(C)O2)c(C2CC2)c1. The number of hydrogen-bond acceptors (Lipinski definition) is 2. The quantitative estimate of drug-likeness (QED) is 0.758. The molecular formula is C16H23BO2. The highest BCUT2D eigenvalue weighted by atomic mass is 16.7. The first-order valence-corrected chi connectivity index (χ1v) is 7.26. The van der Waals surface area contributed by atoms with Crippen LogP contribution in [0.25, 0.3) is 0 Å². The minimum absolute atomic E-state index is 0.221. The highest BCUT2D eigenvalue weighted by Gasteiger charge is 2.52. The average Bonchev–Trinajstić information content (AvgIpc) is 3.07. The van der Waals surface area contributed by atoms with Crippen molar-refractivity contribution in [2.75, 3.05) is 0 Å². The van der Waals surface area contributed by atoms with Crippen LogP contribution in [0.1, 0.15) is 57.6 Å². The van der Waals surface area contributed by atoms with Crippen molar-refractivity contribution in [3.8, 4) is 0 Å². The summed E-state index contributed by atoms with van der Waals surface area (Å²) < 4.78 is 12.4. The molecule has 2 nitrogen and oxygen atoms in total. The Labute approximate surface area is 116 Å². The molecule has 1 heterocycles. The third-order valence-electron chi connectivity index (χ3n) is 4.77. The summed E-state index contributed by atoms with van der Waals surface area (Å²) >= 11 is 0. The molecule has 2 fully saturated rings. The maximum atomic E-state index is 6.19. The Bertz CT molecular complexity index is 487. The third-order valence-corrected chi connectivity index (χ3v) is 4.77. The van der Waals surface area contributed by atoms with Crippen LogP contribution >= 0.6 is 0 Å². The number of rotatable bonds is 2. The number of aryl methyl sites for hydroxylation is 1. The highest BCUT2D eigenvalue weighted by Crippen LogP contribution is 2.41. The molecule has 0 radical (unpaired) electrons. The van der Waals surface area contributed by atoms with E-state index in [9.17, 15) is 0 Å². The van der Waals surface area contributed by atoms with Crippen molar-refractivity contribution in [1.29, 1.82) is 0 Å².